The molecular formula is C12H21N3O. The van der Waals surface area contributed by atoms with Crippen molar-refractivity contribution in [3.05, 3.63) is 18.1 Å². The number of hydrogen-bond donors (Lipinski definition) is 1. The van der Waals surface area contributed by atoms with Gasteiger partial charge in [0.25, 0.3) is 0 Å². The molecule has 0 aliphatic heterocycles. The van der Waals surface area contributed by atoms with E-state index in [1.165, 1.54) is 0 Å². The molecule has 0 amide bonds. The monoisotopic (exact) mass is 223 g/mol. The lowest BCUT2D eigenvalue weighted by Crippen LogP contribution is -2.30. The van der Waals surface area contributed by atoms with Gasteiger partial charge in [0, 0.05) is 18.9 Å². The molecule has 16 heavy (non-hydrogen) atoms. The average molecular weight is 223 g/mol. The van der Waals surface area contributed by atoms with Crippen LogP contribution in [0, 0.1) is 5.92 Å². The number of ether oxygens (including phenoxy) is 1. The lowest BCUT2D eigenvalue weighted by Gasteiger charge is -2.22. The molecule has 1 atom stereocenters. The van der Waals surface area contributed by atoms with Crippen molar-refractivity contribution in [3.63, 3.8) is 0 Å². The van der Waals surface area contributed by atoms with Crippen molar-refractivity contribution in [2.75, 3.05) is 19.0 Å². The minimum absolute atomic E-state index is 0.282. The fraction of sp³-hybridized carbons (Fsp3) is 0.667. The van der Waals surface area contributed by atoms with Crippen molar-refractivity contribution in [3.8, 4) is 0 Å². The van der Waals surface area contributed by atoms with Gasteiger partial charge in [-0.25, -0.2) is 9.97 Å². The number of methoxy groups -OCH3 is 1. The van der Waals surface area contributed by atoms with Crippen LogP contribution in [0.4, 0.5) is 5.82 Å². The van der Waals surface area contributed by atoms with E-state index in [0.29, 0.717) is 12.5 Å². The first-order valence-electron chi connectivity index (χ1n) is 5.73. The predicted molar refractivity (Wildman–Crippen MR) is 65.5 cm³/mol. The molecule has 1 aromatic rings. The zero-order valence-electron chi connectivity index (χ0n) is 10.5. The van der Waals surface area contributed by atoms with E-state index in [9.17, 15) is 0 Å². The van der Waals surface area contributed by atoms with E-state index in [1.807, 2.05) is 6.07 Å². The Morgan fingerprint density at radius 2 is 2.12 bits per heavy atom. The van der Waals surface area contributed by atoms with Crippen molar-refractivity contribution < 1.29 is 4.74 Å². The smallest absolute Gasteiger partial charge is 0.129 e. The molecule has 1 rings (SSSR count). The molecule has 0 saturated carbocycles. The first kappa shape index (κ1) is 12.9. The molecule has 0 radical (unpaired) electrons. The summed E-state index contributed by atoms with van der Waals surface area (Å²) in [4.78, 5) is 8.39. The highest BCUT2D eigenvalue weighted by atomic mass is 16.5. The Bertz CT molecular complexity index is 315. The molecule has 0 bridgehead atoms. The van der Waals surface area contributed by atoms with E-state index >= 15 is 0 Å². The van der Waals surface area contributed by atoms with Crippen LogP contribution in [-0.2, 0) is 11.2 Å². The molecule has 0 saturated heterocycles. The van der Waals surface area contributed by atoms with Crippen molar-refractivity contribution in [1.82, 2.24) is 9.97 Å². The zero-order chi connectivity index (χ0) is 12.0. The maximum absolute atomic E-state index is 5.19. The lowest BCUT2D eigenvalue weighted by atomic mass is 10.1. The lowest BCUT2D eigenvalue weighted by molar-refractivity contribution is 0.171. The van der Waals surface area contributed by atoms with E-state index in [2.05, 4.69) is 36.1 Å². The van der Waals surface area contributed by atoms with Crippen LogP contribution in [0.3, 0.4) is 0 Å². The van der Waals surface area contributed by atoms with Crippen LogP contribution in [0.1, 0.15) is 26.5 Å². The van der Waals surface area contributed by atoms with Gasteiger partial charge < -0.3 is 10.1 Å². The summed E-state index contributed by atoms with van der Waals surface area (Å²) in [5.74, 6) is 1.38. The van der Waals surface area contributed by atoms with Gasteiger partial charge in [-0.1, -0.05) is 20.8 Å². The summed E-state index contributed by atoms with van der Waals surface area (Å²) in [5, 5.41) is 3.38. The highest BCUT2D eigenvalue weighted by Crippen LogP contribution is 2.11. The van der Waals surface area contributed by atoms with Crippen LogP contribution in [0.25, 0.3) is 0 Å². The average Bonchev–Trinajstić information content (AvgIpc) is 2.28. The SMILES string of the molecule is CCc1cc(NC(COC)C(C)C)ncn1. The van der Waals surface area contributed by atoms with Crippen LogP contribution in [-0.4, -0.2) is 29.7 Å². The van der Waals surface area contributed by atoms with Gasteiger partial charge in [0.2, 0.25) is 0 Å². The first-order valence-corrected chi connectivity index (χ1v) is 5.73. The summed E-state index contributed by atoms with van der Waals surface area (Å²) in [7, 11) is 1.72. The van der Waals surface area contributed by atoms with Crippen molar-refractivity contribution in [2.45, 2.75) is 33.2 Å². The van der Waals surface area contributed by atoms with Gasteiger partial charge in [0.15, 0.2) is 0 Å². The first-order chi connectivity index (χ1) is 7.67. The van der Waals surface area contributed by atoms with Gasteiger partial charge in [0.1, 0.15) is 12.1 Å². The number of rotatable bonds is 6. The van der Waals surface area contributed by atoms with Crippen molar-refractivity contribution >= 4 is 5.82 Å². The quantitative estimate of drug-likeness (QED) is 0.802. The van der Waals surface area contributed by atoms with Gasteiger partial charge in [0.05, 0.1) is 12.6 Å². The van der Waals surface area contributed by atoms with Crippen LogP contribution < -0.4 is 5.32 Å². The second-order valence-electron chi connectivity index (χ2n) is 4.20. The maximum Gasteiger partial charge on any atom is 0.129 e. The molecule has 0 fully saturated rings. The van der Waals surface area contributed by atoms with Gasteiger partial charge in [-0.15, -0.1) is 0 Å². The molecule has 4 nitrogen and oxygen atoms in total. The molecule has 0 spiro atoms. The molecule has 0 aliphatic carbocycles. The van der Waals surface area contributed by atoms with Crippen molar-refractivity contribution in [2.24, 2.45) is 5.92 Å². The molecule has 1 N–H and O–H groups in total. The van der Waals surface area contributed by atoms with E-state index in [0.717, 1.165) is 17.9 Å². The topological polar surface area (TPSA) is 47.0 Å². The summed E-state index contributed by atoms with van der Waals surface area (Å²) in [6.45, 7) is 7.10. The summed E-state index contributed by atoms with van der Waals surface area (Å²) >= 11 is 0. The number of aryl methyl sites for hydroxylation is 1. The largest absolute Gasteiger partial charge is 0.383 e. The summed E-state index contributed by atoms with van der Waals surface area (Å²) in [6.07, 6.45) is 2.53. The Hall–Kier alpha value is -1.16. The minimum atomic E-state index is 0.282. The molecule has 1 unspecified atom stereocenters. The highest BCUT2D eigenvalue weighted by molar-refractivity contribution is 5.36. The Kier molecular flexibility index (Phi) is 5.19. The van der Waals surface area contributed by atoms with E-state index < -0.39 is 0 Å². The Balaban J connectivity index is 2.68. The van der Waals surface area contributed by atoms with Crippen LogP contribution in [0.15, 0.2) is 12.4 Å². The fourth-order valence-corrected chi connectivity index (χ4v) is 1.44. The summed E-state index contributed by atoms with van der Waals surface area (Å²) in [5.41, 5.74) is 1.05. The second-order valence-corrected chi connectivity index (χ2v) is 4.20. The summed E-state index contributed by atoms with van der Waals surface area (Å²) in [6, 6.07) is 2.27. The normalized spacial score (nSPS) is 12.8. The number of aromatic nitrogens is 2. The number of nitrogens with one attached hydrogen (secondary N) is 1. The van der Waals surface area contributed by atoms with Crippen LogP contribution in [0.5, 0.6) is 0 Å². The van der Waals surface area contributed by atoms with E-state index in [-0.39, 0.29) is 6.04 Å². The number of nitrogens with zero attached hydrogens (tertiary/aromatic N) is 2. The van der Waals surface area contributed by atoms with E-state index in [4.69, 9.17) is 4.74 Å². The third-order valence-corrected chi connectivity index (χ3v) is 2.57. The van der Waals surface area contributed by atoms with Gasteiger partial charge in [-0.05, 0) is 12.3 Å². The Morgan fingerprint density at radius 1 is 1.38 bits per heavy atom. The molecule has 1 heterocycles. The van der Waals surface area contributed by atoms with Crippen LogP contribution >= 0.6 is 0 Å². The fourth-order valence-electron chi connectivity index (χ4n) is 1.44. The maximum atomic E-state index is 5.19. The number of anilines is 1. The Morgan fingerprint density at radius 3 is 2.69 bits per heavy atom. The third-order valence-electron chi connectivity index (χ3n) is 2.57. The molecule has 1 aromatic heterocycles. The zero-order valence-corrected chi connectivity index (χ0v) is 10.5. The second kappa shape index (κ2) is 6.43. The Labute approximate surface area is 97.5 Å². The van der Waals surface area contributed by atoms with Gasteiger partial charge in [-0.2, -0.15) is 0 Å². The number of hydrogen-bond acceptors (Lipinski definition) is 4. The molecule has 0 aromatic carbocycles. The minimum Gasteiger partial charge on any atom is -0.383 e. The van der Waals surface area contributed by atoms with Crippen molar-refractivity contribution in [1.29, 1.82) is 0 Å². The molecule has 0 aliphatic rings. The molecule has 4 heteroatoms. The van der Waals surface area contributed by atoms with Crippen LogP contribution in [0.2, 0.25) is 0 Å². The molecular weight excluding hydrogens is 202 g/mol. The van der Waals surface area contributed by atoms with Gasteiger partial charge >= 0.3 is 0 Å². The van der Waals surface area contributed by atoms with Gasteiger partial charge in [-0.3, -0.25) is 0 Å². The molecule has 90 valence electrons. The summed E-state index contributed by atoms with van der Waals surface area (Å²) < 4.78 is 5.19. The predicted octanol–water partition coefficient (Wildman–Crippen LogP) is 2.12. The highest BCUT2D eigenvalue weighted by Gasteiger charge is 2.13. The standard InChI is InChI=1S/C12H21N3O/c1-5-10-6-12(14-8-13-10)15-11(7-16-4)9(2)3/h6,8-9,11H,5,7H2,1-4H3,(H,13,14,15). The third kappa shape index (κ3) is 3.77. The van der Waals surface area contributed by atoms with E-state index in [1.54, 1.807) is 13.4 Å².